The SMILES string of the molecule is CCOc1ccccc1C(C)N(C(=O)O)c1ccc(Oc2ccnc3cc(OC)c(OC)cc23)cc1. The number of carbonyl (C=O) groups is 1. The van der Waals surface area contributed by atoms with Crippen LogP contribution < -0.4 is 23.8 Å². The van der Waals surface area contributed by atoms with Gasteiger partial charge in [0.05, 0.1) is 32.4 Å². The molecule has 1 heterocycles. The molecule has 0 aliphatic rings. The molecule has 0 saturated heterocycles. The van der Waals surface area contributed by atoms with Gasteiger partial charge >= 0.3 is 6.09 Å². The third-order valence-corrected chi connectivity index (χ3v) is 5.81. The van der Waals surface area contributed by atoms with E-state index in [1.54, 1.807) is 56.8 Å². The third-order valence-electron chi connectivity index (χ3n) is 5.81. The highest BCUT2D eigenvalue weighted by Crippen LogP contribution is 2.38. The van der Waals surface area contributed by atoms with Gasteiger partial charge in [-0.3, -0.25) is 9.88 Å². The van der Waals surface area contributed by atoms with Gasteiger partial charge in [0.1, 0.15) is 17.2 Å². The molecule has 3 aromatic carbocycles. The first kappa shape index (κ1) is 24.7. The van der Waals surface area contributed by atoms with Crippen molar-refractivity contribution in [3.8, 4) is 28.7 Å². The maximum Gasteiger partial charge on any atom is 0.412 e. The molecule has 0 saturated carbocycles. The highest BCUT2D eigenvalue weighted by atomic mass is 16.5. The maximum atomic E-state index is 12.2. The van der Waals surface area contributed by atoms with Gasteiger partial charge in [0.25, 0.3) is 0 Å². The first-order chi connectivity index (χ1) is 17.5. The van der Waals surface area contributed by atoms with Crippen molar-refractivity contribution in [3.05, 3.63) is 78.5 Å². The molecule has 1 N–H and O–H groups in total. The number of anilines is 1. The third kappa shape index (κ3) is 4.98. The van der Waals surface area contributed by atoms with Crippen molar-refractivity contribution in [2.24, 2.45) is 0 Å². The second-order valence-corrected chi connectivity index (χ2v) is 7.93. The molecule has 1 amide bonds. The fraction of sp³-hybridized carbons (Fsp3) is 0.214. The van der Waals surface area contributed by atoms with Crippen molar-refractivity contribution >= 4 is 22.7 Å². The van der Waals surface area contributed by atoms with Gasteiger partial charge < -0.3 is 24.1 Å². The van der Waals surface area contributed by atoms with E-state index in [2.05, 4.69) is 4.98 Å². The molecule has 1 unspecified atom stereocenters. The molecule has 8 nitrogen and oxygen atoms in total. The zero-order valence-electron chi connectivity index (χ0n) is 20.6. The lowest BCUT2D eigenvalue weighted by atomic mass is 10.1. The fourth-order valence-electron chi connectivity index (χ4n) is 4.09. The summed E-state index contributed by atoms with van der Waals surface area (Å²) in [5.41, 5.74) is 2.00. The molecule has 0 bridgehead atoms. The molecule has 1 atom stereocenters. The number of carboxylic acid groups (broad SMARTS) is 1. The number of benzene rings is 3. The second kappa shape index (κ2) is 10.9. The van der Waals surface area contributed by atoms with Crippen LogP contribution in [-0.2, 0) is 0 Å². The van der Waals surface area contributed by atoms with Crippen LogP contribution in [0.5, 0.6) is 28.7 Å². The van der Waals surface area contributed by atoms with Crippen molar-refractivity contribution in [2.45, 2.75) is 19.9 Å². The first-order valence-electron chi connectivity index (χ1n) is 11.5. The lowest BCUT2D eigenvalue weighted by molar-refractivity contribution is 0.199. The van der Waals surface area contributed by atoms with E-state index < -0.39 is 12.1 Å². The van der Waals surface area contributed by atoms with Crippen molar-refractivity contribution < 1.29 is 28.8 Å². The Balaban J connectivity index is 1.62. The van der Waals surface area contributed by atoms with Crippen LogP contribution in [0.1, 0.15) is 25.5 Å². The summed E-state index contributed by atoms with van der Waals surface area (Å²) in [7, 11) is 3.14. The van der Waals surface area contributed by atoms with Crippen LogP contribution in [0.2, 0.25) is 0 Å². The van der Waals surface area contributed by atoms with Crippen molar-refractivity contribution in [2.75, 3.05) is 25.7 Å². The number of fused-ring (bicyclic) bond motifs is 1. The van der Waals surface area contributed by atoms with Gasteiger partial charge in [-0.25, -0.2) is 4.79 Å². The summed E-state index contributed by atoms with van der Waals surface area (Å²) in [6.07, 6.45) is 0.588. The molecule has 1 aromatic heterocycles. The van der Waals surface area contributed by atoms with Gasteiger partial charge in [-0.1, -0.05) is 18.2 Å². The zero-order chi connectivity index (χ0) is 25.7. The Hall–Kier alpha value is -4.46. The maximum absolute atomic E-state index is 12.2. The number of rotatable bonds is 9. The molecule has 0 fully saturated rings. The summed E-state index contributed by atoms with van der Waals surface area (Å²) in [5, 5.41) is 10.8. The minimum atomic E-state index is -1.07. The van der Waals surface area contributed by atoms with Crippen LogP contribution in [-0.4, -0.2) is 37.0 Å². The Morgan fingerprint density at radius 2 is 1.64 bits per heavy atom. The Kier molecular flexibility index (Phi) is 7.44. The molecule has 4 aromatic rings. The molecule has 8 heteroatoms. The predicted molar refractivity (Wildman–Crippen MR) is 138 cm³/mol. The summed E-state index contributed by atoms with van der Waals surface area (Å²) in [4.78, 5) is 17.9. The Bertz CT molecular complexity index is 1360. The minimum Gasteiger partial charge on any atom is -0.494 e. The molecular weight excluding hydrogens is 460 g/mol. The van der Waals surface area contributed by atoms with Crippen LogP contribution in [0, 0.1) is 0 Å². The van der Waals surface area contributed by atoms with Crippen molar-refractivity contribution in [1.29, 1.82) is 0 Å². The van der Waals surface area contributed by atoms with Crippen LogP contribution in [0.25, 0.3) is 10.9 Å². The number of nitrogens with zero attached hydrogens (tertiary/aromatic N) is 2. The molecule has 4 rings (SSSR count). The van der Waals surface area contributed by atoms with E-state index in [0.717, 1.165) is 10.9 Å². The summed E-state index contributed by atoms with van der Waals surface area (Å²) in [6, 6.07) is 19.3. The normalized spacial score (nSPS) is 11.6. The van der Waals surface area contributed by atoms with E-state index >= 15 is 0 Å². The fourth-order valence-corrected chi connectivity index (χ4v) is 4.09. The van der Waals surface area contributed by atoms with E-state index in [4.69, 9.17) is 18.9 Å². The van der Waals surface area contributed by atoms with Gasteiger partial charge in [-0.05, 0) is 56.3 Å². The number of aromatic nitrogens is 1. The first-order valence-corrected chi connectivity index (χ1v) is 11.5. The molecule has 0 aliphatic heterocycles. The van der Waals surface area contributed by atoms with Crippen molar-refractivity contribution in [3.63, 3.8) is 0 Å². The van der Waals surface area contributed by atoms with Gasteiger partial charge in [0.2, 0.25) is 0 Å². The summed E-state index contributed by atoms with van der Waals surface area (Å²) < 4.78 is 22.6. The Morgan fingerprint density at radius 3 is 2.31 bits per heavy atom. The van der Waals surface area contributed by atoms with E-state index in [0.29, 0.717) is 46.6 Å². The minimum absolute atomic E-state index is 0.469. The highest BCUT2D eigenvalue weighted by molar-refractivity contribution is 5.89. The van der Waals surface area contributed by atoms with Gasteiger partial charge in [0, 0.05) is 28.9 Å². The average Bonchev–Trinajstić information content (AvgIpc) is 2.89. The number of hydrogen-bond acceptors (Lipinski definition) is 6. The topological polar surface area (TPSA) is 90.4 Å². The summed E-state index contributed by atoms with van der Waals surface area (Å²) in [6.45, 7) is 4.22. The van der Waals surface area contributed by atoms with E-state index in [1.807, 2.05) is 44.2 Å². The van der Waals surface area contributed by atoms with Gasteiger partial charge in [-0.15, -0.1) is 0 Å². The second-order valence-electron chi connectivity index (χ2n) is 7.93. The quantitative estimate of drug-likeness (QED) is 0.281. The number of amides is 1. The monoisotopic (exact) mass is 488 g/mol. The van der Waals surface area contributed by atoms with Crippen LogP contribution in [0.3, 0.4) is 0 Å². The molecular formula is C28H28N2O6. The molecule has 0 spiro atoms. The Labute approximate surface area is 209 Å². The van der Waals surface area contributed by atoms with E-state index in [9.17, 15) is 9.90 Å². The average molecular weight is 489 g/mol. The molecule has 0 aliphatic carbocycles. The molecule has 0 radical (unpaired) electrons. The number of methoxy groups -OCH3 is 2. The lowest BCUT2D eigenvalue weighted by Gasteiger charge is -2.28. The Morgan fingerprint density at radius 1 is 0.944 bits per heavy atom. The number of para-hydroxylation sites is 1. The smallest absolute Gasteiger partial charge is 0.412 e. The van der Waals surface area contributed by atoms with Crippen molar-refractivity contribution in [1.82, 2.24) is 4.98 Å². The predicted octanol–water partition coefficient (Wildman–Crippen LogP) is 6.69. The summed E-state index contributed by atoms with van der Waals surface area (Å²) >= 11 is 0. The van der Waals surface area contributed by atoms with Crippen LogP contribution in [0.4, 0.5) is 10.5 Å². The van der Waals surface area contributed by atoms with Crippen LogP contribution in [0.15, 0.2) is 72.9 Å². The number of pyridine rings is 1. The molecule has 36 heavy (non-hydrogen) atoms. The van der Waals surface area contributed by atoms with Gasteiger partial charge in [-0.2, -0.15) is 0 Å². The van der Waals surface area contributed by atoms with E-state index in [1.165, 1.54) is 4.90 Å². The number of hydrogen-bond donors (Lipinski definition) is 1. The van der Waals surface area contributed by atoms with E-state index in [-0.39, 0.29) is 0 Å². The number of ether oxygens (including phenoxy) is 4. The summed E-state index contributed by atoms with van der Waals surface area (Å²) in [5.74, 6) is 2.94. The molecule has 186 valence electrons. The van der Waals surface area contributed by atoms with Crippen LogP contribution >= 0.6 is 0 Å². The largest absolute Gasteiger partial charge is 0.494 e. The standard InChI is InChI=1S/C28H28N2O6/c1-5-35-24-9-7-6-8-21(24)18(2)30(28(31)32)19-10-12-20(13-11-19)36-25-14-15-29-23-17-27(34-4)26(33-3)16-22(23)25/h6-18H,5H2,1-4H3,(H,31,32). The highest BCUT2D eigenvalue weighted by Gasteiger charge is 2.25. The lowest BCUT2D eigenvalue weighted by Crippen LogP contribution is -2.32. The zero-order valence-corrected chi connectivity index (χ0v) is 20.6. The van der Waals surface area contributed by atoms with Gasteiger partial charge in [0.15, 0.2) is 11.5 Å².